The molecule has 19 heavy (non-hydrogen) atoms. The van der Waals surface area contributed by atoms with Gasteiger partial charge in [0, 0.05) is 24.5 Å². The van der Waals surface area contributed by atoms with Crippen molar-refractivity contribution >= 4 is 9.42 Å². The van der Waals surface area contributed by atoms with Crippen molar-refractivity contribution in [3.8, 4) is 11.6 Å². The van der Waals surface area contributed by atoms with Crippen molar-refractivity contribution < 1.29 is 23.3 Å². The van der Waals surface area contributed by atoms with Crippen molar-refractivity contribution in [3.05, 3.63) is 55.6 Å². The summed E-state index contributed by atoms with van der Waals surface area (Å²) in [4.78, 5) is 8.39. The van der Waals surface area contributed by atoms with Crippen LogP contribution in [0.1, 0.15) is 0 Å². The van der Waals surface area contributed by atoms with Gasteiger partial charge in [0.05, 0.1) is 7.05 Å². The van der Waals surface area contributed by atoms with Gasteiger partial charge in [-0.15, -0.1) is 0 Å². The summed E-state index contributed by atoms with van der Waals surface area (Å²) in [7, 11) is 6.53. The zero-order valence-corrected chi connectivity index (χ0v) is 13.0. The zero-order chi connectivity index (χ0) is 13.7. The van der Waals surface area contributed by atoms with Crippen LogP contribution in [0.25, 0.3) is 11.6 Å². The van der Waals surface area contributed by atoms with Crippen molar-refractivity contribution in [2.24, 2.45) is 7.05 Å². The summed E-state index contributed by atoms with van der Waals surface area (Å²) >= 11 is 1.61. The van der Waals surface area contributed by atoms with E-state index in [4.69, 9.17) is 0 Å². The van der Waals surface area contributed by atoms with Crippen LogP contribution in [0.15, 0.2) is 43.0 Å². The van der Waals surface area contributed by atoms with E-state index < -0.39 is 0 Å². The standard InChI is InChI=1S/C12H10N5.ClH.Pt/c1-15-7-8-17(10-15)12-4-2-3-11(14-12)16-6-5-13-9-16;;/h2-8H,1H3;1H;/q-1;;+1/p-1. The summed E-state index contributed by atoms with van der Waals surface area (Å²) in [6.45, 7) is 0. The molecule has 0 saturated heterocycles. The molecule has 0 aliphatic rings. The van der Waals surface area contributed by atoms with Crippen molar-refractivity contribution in [2.75, 3.05) is 0 Å². The third kappa shape index (κ3) is 3.31. The van der Waals surface area contributed by atoms with E-state index in [1.807, 2.05) is 53.0 Å². The first-order valence-electron chi connectivity index (χ1n) is 5.30. The number of hydrogen-bond donors (Lipinski definition) is 0. The number of nitrogens with zero attached hydrogens (tertiary/aromatic N) is 5. The summed E-state index contributed by atoms with van der Waals surface area (Å²) in [6, 6.07) is 5.78. The summed E-state index contributed by atoms with van der Waals surface area (Å²) in [6.07, 6.45) is 13.2. The van der Waals surface area contributed by atoms with Crippen LogP contribution in [-0.2, 0) is 25.8 Å². The van der Waals surface area contributed by atoms with E-state index >= 15 is 0 Å². The average Bonchev–Trinajstić information content (AvgIpc) is 3.12. The van der Waals surface area contributed by atoms with Gasteiger partial charge in [-0.2, -0.15) is 0 Å². The van der Waals surface area contributed by atoms with Crippen molar-refractivity contribution in [1.82, 2.24) is 19.1 Å². The molecular weight excluding hydrogens is 445 g/mol. The molecule has 0 unspecified atom stereocenters. The second-order valence-electron chi connectivity index (χ2n) is 3.63. The minimum atomic E-state index is 0.782. The molecule has 5 nitrogen and oxygen atoms in total. The molecule has 0 aliphatic heterocycles. The first-order chi connectivity index (χ1) is 9.33. The van der Waals surface area contributed by atoms with E-state index in [1.54, 1.807) is 29.5 Å². The van der Waals surface area contributed by atoms with Crippen molar-refractivity contribution in [2.45, 2.75) is 0 Å². The predicted molar refractivity (Wildman–Crippen MR) is 65.4 cm³/mol. The van der Waals surface area contributed by atoms with Gasteiger partial charge in [0.15, 0.2) is 0 Å². The quantitative estimate of drug-likeness (QED) is 0.431. The Morgan fingerprint density at radius 3 is 2.53 bits per heavy atom. The van der Waals surface area contributed by atoms with E-state index in [0.717, 1.165) is 11.6 Å². The molecule has 0 aromatic carbocycles. The fraction of sp³-hybridized carbons (Fsp3) is 0.0833. The number of rotatable bonds is 2. The van der Waals surface area contributed by atoms with E-state index in [0.29, 0.717) is 0 Å². The molecule has 101 valence electrons. The Hall–Kier alpha value is -1.45. The number of imidazole rings is 2. The summed E-state index contributed by atoms with van der Waals surface area (Å²) in [5, 5.41) is 0. The predicted octanol–water partition coefficient (Wildman–Crippen LogP) is 1.17. The SMILES string of the molecule is C[n+]1[c-]n(-c2cccc(-n3[c-]ncc3)n2)cc1.[Cl][Pt]. The monoisotopic (exact) mass is 454 g/mol. The van der Waals surface area contributed by atoms with Gasteiger partial charge in [0.1, 0.15) is 5.82 Å². The van der Waals surface area contributed by atoms with Crippen LogP contribution in [0.2, 0.25) is 0 Å². The molecule has 0 radical (unpaired) electrons. The van der Waals surface area contributed by atoms with Gasteiger partial charge in [0.2, 0.25) is 6.33 Å². The Morgan fingerprint density at radius 2 is 1.95 bits per heavy atom. The summed E-state index contributed by atoms with van der Waals surface area (Å²) < 4.78 is 5.42. The van der Waals surface area contributed by atoms with Crippen LogP contribution < -0.4 is 4.57 Å². The van der Waals surface area contributed by atoms with Gasteiger partial charge in [-0.3, -0.25) is 4.98 Å². The first-order valence-corrected chi connectivity index (χ1v) is 8.11. The third-order valence-electron chi connectivity index (χ3n) is 2.37. The Bertz CT molecular complexity index is 635. The van der Waals surface area contributed by atoms with Gasteiger partial charge in [0.25, 0.3) is 0 Å². The number of aromatic nitrogens is 5. The number of pyridine rings is 1. The maximum absolute atomic E-state index is 4.61. The Kier molecular flexibility index (Phi) is 4.88. The summed E-state index contributed by atoms with van der Waals surface area (Å²) in [5.74, 6) is 1.59. The molecule has 3 aromatic rings. The van der Waals surface area contributed by atoms with E-state index in [2.05, 4.69) is 32.0 Å². The van der Waals surface area contributed by atoms with E-state index in [9.17, 15) is 0 Å². The molecular formula is C12H10ClN5Pt-. The van der Waals surface area contributed by atoms with Crippen molar-refractivity contribution in [3.63, 3.8) is 0 Å². The molecule has 0 saturated carbocycles. The van der Waals surface area contributed by atoms with E-state index in [1.165, 1.54) is 0 Å². The topological polar surface area (TPSA) is 39.5 Å². The third-order valence-corrected chi connectivity index (χ3v) is 2.37. The molecule has 3 heterocycles. The average molecular weight is 455 g/mol. The molecule has 0 bridgehead atoms. The Balaban J connectivity index is 0.000000637. The van der Waals surface area contributed by atoms with Gasteiger partial charge in [-0.1, -0.05) is 24.5 Å². The maximum atomic E-state index is 4.61. The molecule has 0 atom stereocenters. The van der Waals surface area contributed by atoms with Crippen LogP contribution in [0.3, 0.4) is 0 Å². The fourth-order valence-electron chi connectivity index (χ4n) is 1.57. The minimum absolute atomic E-state index is 0.782. The Labute approximate surface area is 126 Å². The zero-order valence-electron chi connectivity index (χ0n) is 9.97. The van der Waals surface area contributed by atoms with Crippen LogP contribution in [0, 0.1) is 12.7 Å². The van der Waals surface area contributed by atoms with Crippen LogP contribution in [-0.4, -0.2) is 19.1 Å². The molecule has 0 spiro atoms. The second-order valence-corrected chi connectivity index (χ2v) is 3.63. The molecule has 0 N–H and O–H groups in total. The van der Waals surface area contributed by atoms with Gasteiger partial charge in [-0.25, -0.2) is 0 Å². The normalized spacial score (nSPS) is 9.89. The number of halogens is 1. The molecule has 3 rings (SSSR count). The van der Waals surface area contributed by atoms with Crippen LogP contribution in [0.5, 0.6) is 0 Å². The van der Waals surface area contributed by atoms with E-state index in [-0.39, 0.29) is 0 Å². The molecule has 0 aliphatic carbocycles. The Morgan fingerprint density at radius 1 is 1.21 bits per heavy atom. The van der Waals surface area contributed by atoms with Gasteiger partial charge < -0.3 is 18.7 Å². The number of aryl methyl sites for hydroxylation is 1. The summed E-state index contributed by atoms with van der Waals surface area (Å²) in [5.41, 5.74) is 0. The molecule has 3 aromatic heterocycles. The molecule has 0 fully saturated rings. The van der Waals surface area contributed by atoms with Crippen LogP contribution in [0.4, 0.5) is 0 Å². The van der Waals surface area contributed by atoms with Gasteiger partial charge in [-0.05, 0) is 6.07 Å². The molecule has 0 amide bonds. The van der Waals surface area contributed by atoms with Gasteiger partial charge >= 0.3 is 28.2 Å². The number of hydrogen-bond acceptors (Lipinski definition) is 2. The second kappa shape index (κ2) is 6.64. The van der Waals surface area contributed by atoms with Crippen LogP contribution >= 0.6 is 9.42 Å². The molecule has 7 heteroatoms. The van der Waals surface area contributed by atoms with Crippen molar-refractivity contribution in [1.29, 1.82) is 0 Å². The first kappa shape index (κ1) is 14.0. The fourth-order valence-corrected chi connectivity index (χ4v) is 1.57.